The van der Waals surface area contributed by atoms with Gasteiger partial charge >= 0.3 is 11.9 Å². The van der Waals surface area contributed by atoms with Crippen molar-refractivity contribution in [3.8, 4) is 5.69 Å². The molecule has 2 rings (SSSR count). The van der Waals surface area contributed by atoms with Crippen LogP contribution in [0.1, 0.15) is 31.1 Å². The van der Waals surface area contributed by atoms with E-state index in [9.17, 15) is 22.8 Å². The zero-order valence-electron chi connectivity index (χ0n) is 12.8. The second kappa shape index (κ2) is 5.60. The van der Waals surface area contributed by atoms with Gasteiger partial charge in [-0.25, -0.2) is 4.79 Å². The van der Waals surface area contributed by atoms with Gasteiger partial charge in [0.05, 0.1) is 16.9 Å². The van der Waals surface area contributed by atoms with Crippen LogP contribution < -0.4 is 17.0 Å². The van der Waals surface area contributed by atoms with Crippen molar-refractivity contribution in [1.82, 2.24) is 9.13 Å². The Bertz CT molecular complexity index is 864. The molecular formula is C15H16F3N3O2. The number of halogens is 3. The summed E-state index contributed by atoms with van der Waals surface area (Å²) < 4.78 is 40.5. The SMILES string of the molecule is Cc1c(N)c(=O)n(C(C)C)c(=O)n1-c1cccc(C(F)(F)F)c1. The third-order valence-corrected chi connectivity index (χ3v) is 3.52. The van der Waals surface area contributed by atoms with Crippen LogP contribution in [0.3, 0.4) is 0 Å². The molecule has 0 fully saturated rings. The number of anilines is 1. The highest BCUT2D eigenvalue weighted by Gasteiger charge is 2.31. The Kier molecular flexibility index (Phi) is 4.10. The second-order valence-corrected chi connectivity index (χ2v) is 5.43. The summed E-state index contributed by atoms with van der Waals surface area (Å²) in [6.07, 6.45) is -4.54. The number of hydrogen-bond acceptors (Lipinski definition) is 3. The van der Waals surface area contributed by atoms with E-state index >= 15 is 0 Å². The number of alkyl halides is 3. The predicted molar refractivity (Wildman–Crippen MR) is 80.8 cm³/mol. The molecule has 2 aromatic rings. The van der Waals surface area contributed by atoms with E-state index in [0.717, 1.165) is 21.3 Å². The lowest BCUT2D eigenvalue weighted by molar-refractivity contribution is -0.137. The molecular weight excluding hydrogens is 311 g/mol. The van der Waals surface area contributed by atoms with Crippen LogP contribution in [-0.4, -0.2) is 9.13 Å². The van der Waals surface area contributed by atoms with Gasteiger partial charge in [0, 0.05) is 6.04 Å². The van der Waals surface area contributed by atoms with E-state index in [0.29, 0.717) is 0 Å². The Labute approximate surface area is 129 Å². The maximum Gasteiger partial charge on any atom is 0.416 e. The first kappa shape index (κ1) is 16.9. The highest BCUT2D eigenvalue weighted by Crippen LogP contribution is 2.30. The molecule has 1 aromatic carbocycles. The normalized spacial score (nSPS) is 12.0. The van der Waals surface area contributed by atoms with Crippen LogP contribution in [0.25, 0.3) is 5.69 Å². The molecule has 5 nitrogen and oxygen atoms in total. The summed E-state index contributed by atoms with van der Waals surface area (Å²) in [7, 11) is 0. The van der Waals surface area contributed by atoms with Gasteiger partial charge in [-0.1, -0.05) is 6.07 Å². The van der Waals surface area contributed by atoms with Crippen molar-refractivity contribution in [3.63, 3.8) is 0 Å². The molecule has 0 saturated carbocycles. The molecule has 0 bridgehead atoms. The van der Waals surface area contributed by atoms with Gasteiger partial charge in [0.1, 0.15) is 5.69 Å². The number of benzene rings is 1. The van der Waals surface area contributed by atoms with Gasteiger partial charge in [-0.15, -0.1) is 0 Å². The van der Waals surface area contributed by atoms with Crippen LogP contribution in [0.2, 0.25) is 0 Å². The van der Waals surface area contributed by atoms with Crippen molar-refractivity contribution >= 4 is 5.69 Å². The van der Waals surface area contributed by atoms with Gasteiger partial charge in [0.15, 0.2) is 0 Å². The minimum Gasteiger partial charge on any atom is -0.393 e. The number of nitrogens with zero attached hydrogens (tertiary/aromatic N) is 2. The van der Waals surface area contributed by atoms with Crippen molar-refractivity contribution in [2.75, 3.05) is 5.73 Å². The molecule has 0 radical (unpaired) electrons. The average Bonchev–Trinajstić information content (AvgIpc) is 2.44. The zero-order valence-corrected chi connectivity index (χ0v) is 12.8. The summed E-state index contributed by atoms with van der Waals surface area (Å²) in [5.41, 5.74) is 3.42. The number of hydrogen-bond donors (Lipinski definition) is 1. The number of nitrogens with two attached hydrogens (primary N) is 1. The number of aromatic nitrogens is 2. The Hall–Kier alpha value is -2.51. The van der Waals surface area contributed by atoms with Gasteiger partial charge in [-0.05, 0) is 39.0 Å². The lowest BCUT2D eigenvalue weighted by atomic mass is 10.2. The van der Waals surface area contributed by atoms with E-state index in [2.05, 4.69) is 0 Å². The molecule has 2 N–H and O–H groups in total. The first-order valence-electron chi connectivity index (χ1n) is 6.87. The average molecular weight is 327 g/mol. The quantitative estimate of drug-likeness (QED) is 0.921. The molecule has 1 aromatic heterocycles. The van der Waals surface area contributed by atoms with Crippen LogP contribution >= 0.6 is 0 Å². The Balaban J connectivity index is 2.85. The third kappa shape index (κ3) is 2.88. The maximum atomic E-state index is 12.9. The molecule has 0 saturated heterocycles. The van der Waals surface area contributed by atoms with Gasteiger partial charge in [-0.3, -0.25) is 13.9 Å². The minimum atomic E-state index is -4.54. The summed E-state index contributed by atoms with van der Waals surface area (Å²) in [5.74, 6) is 0. The summed E-state index contributed by atoms with van der Waals surface area (Å²) in [4.78, 5) is 24.7. The molecule has 0 atom stereocenters. The Morgan fingerprint density at radius 2 is 1.78 bits per heavy atom. The highest BCUT2D eigenvalue weighted by molar-refractivity contribution is 5.46. The van der Waals surface area contributed by atoms with Crippen molar-refractivity contribution in [2.45, 2.75) is 33.0 Å². The Morgan fingerprint density at radius 3 is 2.30 bits per heavy atom. The lowest BCUT2D eigenvalue weighted by Crippen LogP contribution is -2.42. The fourth-order valence-electron chi connectivity index (χ4n) is 2.32. The first-order valence-corrected chi connectivity index (χ1v) is 6.87. The Morgan fingerprint density at radius 1 is 1.17 bits per heavy atom. The number of rotatable bonds is 2. The predicted octanol–water partition coefficient (Wildman–Crippen LogP) is 2.49. The lowest BCUT2D eigenvalue weighted by Gasteiger charge is -2.18. The second-order valence-electron chi connectivity index (χ2n) is 5.43. The molecule has 0 unspecified atom stereocenters. The fourth-order valence-corrected chi connectivity index (χ4v) is 2.32. The molecule has 124 valence electrons. The molecule has 8 heteroatoms. The van der Waals surface area contributed by atoms with E-state index in [1.54, 1.807) is 13.8 Å². The third-order valence-electron chi connectivity index (χ3n) is 3.52. The largest absolute Gasteiger partial charge is 0.416 e. The maximum absolute atomic E-state index is 12.9. The summed E-state index contributed by atoms with van der Waals surface area (Å²) >= 11 is 0. The van der Waals surface area contributed by atoms with Crippen molar-refractivity contribution < 1.29 is 13.2 Å². The van der Waals surface area contributed by atoms with Gasteiger partial charge in [0.25, 0.3) is 5.56 Å². The van der Waals surface area contributed by atoms with E-state index < -0.39 is 29.0 Å². The highest BCUT2D eigenvalue weighted by atomic mass is 19.4. The molecule has 0 aliphatic carbocycles. The molecule has 23 heavy (non-hydrogen) atoms. The first-order chi connectivity index (χ1) is 10.6. The molecule has 0 spiro atoms. The molecule has 0 amide bonds. The van der Waals surface area contributed by atoms with E-state index in [-0.39, 0.29) is 17.1 Å². The van der Waals surface area contributed by atoms with E-state index in [4.69, 9.17) is 5.73 Å². The van der Waals surface area contributed by atoms with Gasteiger partial charge < -0.3 is 5.73 Å². The van der Waals surface area contributed by atoms with Crippen LogP contribution in [0, 0.1) is 6.92 Å². The van der Waals surface area contributed by atoms with Crippen molar-refractivity contribution in [1.29, 1.82) is 0 Å². The topological polar surface area (TPSA) is 70.0 Å². The van der Waals surface area contributed by atoms with Gasteiger partial charge in [0.2, 0.25) is 0 Å². The van der Waals surface area contributed by atoms with Crippen LogP contribution in [-0.2, 0) is 6.18 Å². The smallest absolute Gasteiger partial charge is 0.393 e. The van der Waals surface area contributed by atoms with Crippen LogP contribution in [0.4, 0.5) is 18.9 Å². The molecule has 1 heterocycles. The van der Waals surface area contributed by atoms with Crippen LogP contribution in [0.5, 0.6) is 0 Å². The van der Waals surface area contributed by atoms with E-state index in [1.165, 1.54) is 19.1 Å². The summed E-state index contributed by atoms with van der Waals surface area (Å²) in [5, 5.41) is 0. The zero-order chi connectivity index (χ0) is 17.5. The summed E-state index contributed by atoms with van der Waals surface area (Å²) in [6.45, 7) is 4.66. The standard InChI is InChI=1S/C15H16F3N3O2/c1-8(2)20-13(22)12(19)9(3)21(14(20)23)11-6-4-5-10(7-11)15(16,17)18/h4-8H,19H2,1-3H3. The minimum absolute atomic E-state index is 0.00317. The molecule has 0 aliphatic rings. The summed E-state index contributed by atoms with van der Waals surface area (Å²) in [6, 6.07) is 3.84. The fraction of sp³-hybridized carbons (Fsp3) is 0.333. The van der Waals surface area contributed by atoms with Crippen molar-refractivity contribution in [3.05, 3.63) is 56.4 Å². The van der Waals surface area contributed by atoms with Crippen molar-refractivity contribution in [2.24, 2.45) is 0 Å². The van der Waals surface area contributed by atoms with Gasteiger partial charge in [-0.2, -0.15) is 13.2 Å². The van der Waals surface area contributed by atoms with E-state index in [1.807, 2.05) is 0 Å². The number of nitrogen functional groups attached to an aromatic ring is 1. The monoisotopic (exact) mass is 327 g/mol. The molecule has 0 aliphatic heterocycles. The van der Waals surface area contributed by atoms with Crippen LogP contribution in [0.15, 0.2) is 33.9 Å².